The van der Waals surface area contributed by atoms with E-state index in [0.717, 1.165) is 16.7 Å². The van der Waals surface area contributed by atoms with Crippen LogP contribution in [0, 0.1) is 13.8 Å². The van der Waals surface area contributed by atoms with Gasteiger partial charge in [0.2, 0.25) is 0 Å². The molecule has 1 aliphatic heterocycles. The summed E-state index contributed by atoms with van der Waals surface area (Å²) in [6, 6.07) is 21.0. The minimum Gasteiger partial charge on any atom is -0.507 e. The number of ether oxygens (including phenoxy) is 1. The van der Waals surface area contributed by atoms with E-state index in [0.29, 0.717) is 17.0 Å². The molecule has 0 saturated carbocycles. The Hall–Kier alpha value is -3.86. The molecular formula is C26H23NO4. The number of rotatable bonds is 4. The molecule has 0 aliphatic carbocycles. The molecule has 31 heavy (non-hydrogen) atoms. The van der Waals surface area contributed by atoms with E-state index in [1.807, 2.05) is 50.2 Å². The Balaban J connectivity index is 1.92. The minimum atomic E-state index is -0.741. The van der Waals surface area contributed by atoms with Crippen molar-refractivity contribution in [3.05, 3.63) is 101 Å². The molecule has 1 atom stereocenters. The molecule has 4 rings (SSSR count). The second-order valence-electron chi connectivity index (χ2n) is 7.65. The van der Waals surface area contributed by atoms with Crippen LogP contribution in [0.2, 0.25) is 0 Å². The number of aliphatic hydroxyl groups is 1. The third-order valence-electron chi connectivity index (χ3n) is 5.48. The van der Waals surface area contributed by atoms with Crippen LogP contribution in [0.1, 0.15) is 28.3 Å². The van der Waals surface area contributed by atoms with Gasteiger partial charge in [-0.3, -0.25) is 14.5 Å². The SMILES string of the molecule is COc1ccc(N2C(=O)C(=O)/C(=C(\O)c3ccc(C)cc3)C2c2cccc(C)c2)cc1. The predicted octanol–water partition coefficient (Wildman–Crippen LogP) is 4.94. The fourth-order valence-electron chi connectivity index (χ4n) is 3.86. The molecule has 0 bridgehead atoms. The molecule has 0 radical (unpaired) electrons. The lowest BCUT2D eigenvalue weighted by atomic mass is 9.94. The van der Waals surface area contributed by atoms with Gasteiger partial charge in [0, 0.05) is 11.3 Å². The van der Waals surface area contributed by atoms with E-state index in [4.69, 9.17) is 4.74 Å². The highest BCUT2D eigenvalue weighted by Gasteiger charge is 2.46. The van der Waals surface area contributed by atoms with Crippen LogP contribution in [0.5, 0.6) is 5.75 Å². The van der Waals surface area contributed by atoms with E-state index in [-0.39, 0.29) is 11.3 Å². The number of amides is 1. The topological polar surface area (TPSA) is 66.8 Å². The zero-order valence-electron chi connectivity index (χ0n) is 17.6. The maximum Gasteiger partial charge on any atom is 0.300 e. The third kappa shape index (κ3) is 3.70. The summed E-state index contributed by atoms with van der Waals surface area (Å²) in [6.45, 7) is 3.89. The number of ketones is 1. The van der Waals surface area contributed by atoms with Crippen LogP contribution in [0.25, 0.3) is 5.76 Å². The summed E-state index contributed by atoms with van der Waals surface area (Å²) in [5.41, 5.74) is 3.91. The van der Waals surface area contributed by atoms with Crippen molar-refractivity contribution in [2.45, 2.75) is 19.9 Å². The van der Waals surface area contributed by atoms with Crippen molar-refractivity contribution in [2.75, 3.05) is 12.0 Å². The van der Waals surface area contributed by atoms with E-state index in [2.05, 4.69) is 0 Å². The number of benzene rings is 3. The quantitative estimate of drug-likeness (QED) is 0.374. The van der Waals surface area contributed by atoms with Crippen molar-refractivity contribution >= 4 is 23.1 Å². The molecule has 3 aromatic carbocycles. The summed E-state index contributed by atoms with van der Waals surface area (Å²) in [4.78, 5) is 27.7. The molecule has 5 heteroatoms. The first-order chi connectivity index (χ1) is 14.9. The number of Topliss-reactive ketones (excluding diaryl/α,β-unsaturated/α-hetero) is 1. The highest BCUT2D eigenvalue weighted by molar-refractivity contribution is 6.51. The van der Waals surface area contributed by atoms with E-state index >= 15 is 0 Å². The lowest BCUT2D eigenvalue weighted by molar-refractivity contribution is -0.132. The van der Waals surface area contributed by atoms with Gasteiger partial charge < -0.3 is 9.84 Å². The number of hydrogen-bond acceptors (Lipinski definition) is 4. The van der Waals surface area contributed by atoms with Crippen LogP contribution in [-0.2, 0) is 9.59 Å². The van der Waals surface area contributed by atoms with E-state index in [1.165, 1.54) is 4.90 Å². The van der Waals surface area contributed by atoms with Crippen LogP contribution in [0.3, 0.4) is 0 Å². The highest BCUT2D eigenvalue weighted by atomic mass is 16.5. The number of methoxy groups -OCH3 is 1. The summed E-state index contributed by atoms with van der Waals surface area (Å²) in [5.74, 6) is -0.918. The molecule has 1 amide bonds. The fourth-order valence-corrected chi connectivity index (χ4v) is 3.86. The van der Waals surface area contributed by atoms with Crippen molar-refractivity contribution in [3.63, 3.8) is 0 Å². The van der Waals surface area contributed by atoms with Gasteiger partial charge >= 0.3 is 0 Å². The zero-order valence-corrected chi connectivity index (χ0v) is 17.6. The Morgan fingerprint density at radius 1 is 0.903 bits per heavy atom. The predicted molar refractivity (Wildman–Crippen MR) is 120 cm³/mol. The standard InChI is InChI=1S/C26H23NO4/c1-16-7-9-18(10-8-16)24(28)22-23(19-6-4-5-17(2)15-19)27(26(30)25(22)29)20-11-13-21(31-3)14-12-20/h4-15,23,28H,1-3H3/b24-22-. The number of carbonyl (C=O) groups excluding carboxylic acids is 2. The molecule has 1 heterocycles. The Morgan fingerprint density at radius 3 is 2.19 bits per heavy atom. The summed E-state index contributed by atoms with van der Waals surface area (Å²) >= 11 is 0. The van der Waals surface area contributed by atoms with Gasteiger partial charge in [0.05, 0.1) is 18.7 Å². The number of hydrogen-bond donors (Lipinski definition) is 1. The van der Waals surface area contributed by atoms with Crippen LogP contribution in [-0.4, -0.2) is 23.9 Å². The first-order valence-electron chi connectivity index (χ1n) is 9.99. The van der Waals surface area contributed by atoms with Crippen molar-refractivity contribution in [3.8, 4) is 5.75 Å². The van der Waals surface area contributed by atoms with Gasteiger partial charge in [-0.1, -0.05) is 59.7 Å². The molecule has 1 N–H and O–H groups in total. The first kappa shape index (κ1) is 20.4. The summed E-state index contributed by atoms with van der Waals surface area (Å²) in [5, 5.41) is 11.1. The molecular weight excluding hydrogens is 390 g/mol. The van der Waals surface area contributed by atoms with Crippen LogP contribution in [0.4, 0.5) is 5.69 Å². The van der Waals surface area contributed by atoms with Crippen LogP contribution < -0.4 is 9.64 Å². The van der Waals surface area contributed by atoms with Crippen LogP contribution >= 0.6 is 0 Å². The first-order valence-corrected chi connectivity index (χ1v) is 9.99. The number of carbonyl (C=O) groups is 2. The molecule has 1 saturated heterocycles. The van der Waals surface area contributed by atoms with Crippen molar-refractivity contribution in [1.29, 1.82) is 0 Å². The maximum absolute atomic E-state index is 13.1. The normalized spacial score (nSPS) is 17.8. The van der Waals surface area contributed by atoms with Crippen molar-refractivity contribution in [2.24, 2.45) is 0 Å². The van der Waals surface area contributed by atoms with Gasteiger partial charge in [-0.05, 0) is 43.7 Å². The average Bonchev–Trinajstić information content (AvgIpc) is 3.04. The monoisotopic (exact) mass is 413 g/mol. The van der Waals surface area contributed by atoms with Gasteiger partial charge in [-0.2, -0.15) is 0 Å². The molecule has 5 nitrogen and oxygen atoms in total. The second-order valence-corrected chi connectivity index (χ2v) is 7.65. The van der Waals surface area contributed by atoms with Crippen molar-refractivity contribution < 1.29 is 19.4 Å². The fraction of sp³-hybridized carbons (Fsp3) is 0.154. The van der Waals surface area contributed by atoms with Gasteiger partial charge in [0.15, 0.2) is 0 Å². The zero-order chi connectivity index (χ0) is 22.1. The average molecular weight is 413 g/mol. The van der Waals surface area contributed by atoms with Gasteiger partial charge in [-0.15, -0.1) is 0 Å². The molecule has 156 valence electrons. The van der Waals surface area contributed by atoms with Gasteiger partial charge in [-0.25, -0.2) is 0 Å². The number of anilines is 1. The Labute approximate surface area is 181 Å². The number of aliphatic hydroxyl groups excluding tert-OH is 1. The van der Waals surface area contributed by atoms with Gasteiger partial charge in [0.1, 0.15) is 11.5 Å². The number of nitrogens with zero attached hydrogens (tertiary/aromatic N) is 1. The summed E-state index contributed by atoms with van der Waals surface area (Å²) < 4.78 is 5.21. The summed E-state index contributed by atoms with van der Waals surface area (Å²) in [6.07, 6.45) is 0. The maximum atomic E-state index is 13.1. The van der Waals surface area contributed by atoms with Crippen LogP contribution in [0.15, 0.2) is 78.4 Å². The lowest BCUT2D eigenvalue weighted by Gasteiger charge is -2.26. The molecule has 3 aromatic rings. The lowest BCUT2D eigenvalue weighted by Crippen LogP contribution is -2.29. The van der Waals surface area contributed by atoms with Crippen molar-refractivity contribution in [1.82, 2.24) is 0 Å². The highest BCUT2D eigenvalue weighted by Crippen LogP contribution is 2.42. The Morgan fingerprint density at radius 2 is 1.58 bits per heavy atom. The third-order valence-corrected chi connectivity index (χ3v) is 5.48. The Kier molecular flexibility index (Phi) is 5.34. The molecule has 1 unspecified atom stereocenters. The molecule has 0 aromatic heterocycles. The van der Waals surface area contributed by atoms with E-state index in [9.17, 15) is 14.7 Å². The minimum absolute atomic E-state index is 0.0790. The number of aryl methyl sites for hydroxylation is 2. The smallest absolute Gasteiger partial charge is 0.300 e. The van der Waals surface area contributed by atoms with Gasteiger partial charge in [0.25, 0.3) is 11.7 Å². The molecule has 1 aliphatic rings. The van der Waals surface area contributed by atoms with E-state index < -0.39 is 17.7 Å². The molecule has 0 spiro atoms. The second kappa shape index (κ2) is 8.11. The Bertz CT molecular complexity index is 1180. The van der Waals surface area contributed by atoms with E-state index in [1.54, 1.807) is 43.5 Å². The molecule has 1 fully saturated rings. The largest absolute Gasteiger partial charge is 0.507 e. The summed E-state index contributed by atoms with van der Waals surface area (Å²) in [7, 11) is 1.57.